The zero-order valence-corrected chi connectivity index (χ0v) is 27.1. The number of carbonyl (C=O) groups is 1. The largest absolute Gasteiger partial charge is 0.465 e. The standard InChI is InChI=1S/C38H70O2/c1-37-34-32-30-28-26-24-22-20-18-16-14-12-10-8-6-4-2-3-5-7-9-11-13-15-17-19-21-23-25-27-29-31-33-35-38(39)40-36-37/h6,8,22,24,37H,2-5,7,9-21,23,25-36H2,1H3/b8-6-,24-22-. The lowest BCUT2D eigenvalue weighted by atomic mass is 10.0. The van der Waals surface area contributed by atoms with Crippen LogP contribution in [0.3, 0.4) is 0 Å². The van der Waals surface area contributed by atoms with E-state index in [4.69, 9.17) is 4.74 Å². The van der Waals surface area contributed by atoms with Gasteiger partial charge in [0.15, 0.2) is 0 Å². The van der Waals surface area contributed by atoms with Crippen molar-refractivity contribution in [3.63, 3.8) is 0 Å². The van der Waals surface area contributed by atoms with Crippen molar-refractivity contribution in [3.05, 3.63) is 24.3 Å². The third kappa shape index (κ3) is 28.5. The Hall–Kier alpha value is -1.05. The molecule has 0 aliphatic carbocycles. The van der Waals surface area contributed by atoms with E-state index in [1.165, 1.54) is 180 Å². The van der Waals surface area contributed by atoms with Gasteiger partial charge in [-0.25, -0.2) is 0 Å². The number of rotatable bonds is 0. The third-order valence-corrected chi connectivity index (χ3v) is 8.67. The van der Waals surface area contributed by atoms with Crippen molar-refractivity contribution in [2.75, 3.05) is 6.61 Å². The third-order valence-electron chi connectivity index (χ3n) is 8.67. The first-order valence-corrected chi connectivity index (χ1v) is 18.2. The average molecular weight is 559 g/mol. The van der Waals surface area contributed by atoms with Crippen LogP contribution in [0, 0.1) is 5.92 Å². The van der Waals surface area contributed by atoms with Crippen LogP contribution >= 0.6 is 0 Å². The Labute approximate surface area is 251 Å². The Morgan fingerprint density at radius 2 is 0.750 bits per heavy atom. The number of esters is 1. The number of carbonyl (C=O) groups excluding carboxylic acids is 1. The van der Waals surface area contributed by atoms with Gasteiger partial charge in [-0.1, -0.05) is 153 Å². The number of allylic oxidation sites excluding steroid dienone is 4. The first-order valence-electron chi connectivity index (χ1n) is 18.2. The summed E-state index contributed by atoms with van der Waals surface area (Å²) in [5, 5.41) is 0. The molecular formula is C38H70O2. The molecule has 1 unspecified atom stereocenters. The summed E-state index contributed by atoms with van der Waals surface area (Å²) < 4.78 is 5.55. The number of hydrogen-bond acceptors (Lipinski definition) is 2. The molecule has 0 N–H and O–H groups in total. The minimum Gasteiger partial charge on any atom is -0.465 e. The van der Waals surface area contributed by atoms with Crippen molar-refractivity contribution in [1.82, 2.24) is 0 Å². The highest BCUT2D eigenvalue weighted by molar-refractivity contribution is 5.69. The average Bonchev–Trinajstić information content (AvgIpc) is 2.95. The fourth-order valence-electron chi connectivity index (χ4n) is 5.85. The monoisotopic (exact) mass is 559 g/mol. The van der Waals surface area contributed by atoms with Crippen LogP contribution in [0.25, 0.3) is 0 Å². The summed E-state index contributed by atoms with van der Waals surface area (Å²) in [5.74, 6) is 0.504. The van der Waals surface area contributed by atoms with E-state index in [2.05, 4.69) is 31.2 Å². The van der Waals surface area contributed by atoms with Crippen LogP contribution in [0.5, 0.6) is 0 Å². The minimum absolute atomic E-state index is 0.0167. The highest BCUT2D eigenvalue weighted by Gasteiger charge is 2.07. The van der Waals surface area contributed by atoms with Crippen LogP contribution in [-0.2, 0) is 9.53 Å². The molecule has 0 radical (unpaired) electrons. The zero-order chi connectivity index (χ0) is 28.6. The molecule has 0 saturated carbocycles. The van der Waals surface area contributed by atoms with Gasteiger partial charge in [0.05, 0.1) is 6.61 Å². The van der Waals surface area contributed by atoms with E-state index in [-0.39, 0.29) is 5.97 Å². The molecular weight excluding hydrogens is 488 g/mol. The Balaban J connectivity index is 2.16. The Bertz CT molecular complexity index is 578. The molecule has 0 saturated heterocycles. The first kappa shape index (κ1) is 37.0. The van der Waals surface area contributed by atoms with Crippen LogP contribution < -0.4 is 0 Å². The second-order valence-corrected chi connectivity index (χ2v) is 12.9. The fraction of sp³-hybridized carbons (Fsp3) is 0.868. The smallest absolute Gasteiger partial charge is 0.305 e. The van der Waals surface area contributed by atoms with Gasteiger partial charge in [0.2, 0.25) is 0 Å². The molecule has 40 heavy (non-hydrogen) atoms. The van der Waals surface area contributed by atoms with Gasteiger partial charge in [-0.05, 0) is 70.1 Å². The summed E-state index contributed by atoms with van der Waals surface area (Å²) in [5.41, 5.74) is 0. The van der Waals surface area contributed by atoms with Crippen molar-refractivity contribution in [2.45, 2.75) is 200 Å². The van der Waals surface area contributed by atoms with Gasteiger partial charge in [0.25, 0.3) is 0 Å². The second-order valence-electron chi connectivity index (χ2n) is 12.9. The SMILES string of the molecule is CC1CCCCC/C=C\CCCCCC/C=C\CCCCCCCCCCCCCCCCCCCC(=O)OC1. The van der Waals surface area contributed by atoms with Crippen LogP contribution in [-0.4, -0.2) is 12.6 Å². The summed E-state index contributed by atoms with van der Waals surface area (Å²) in [7, 11) is 0. The summed E-state index contributed by atoms with van der Waals surface area (Å²) >= 11 is 0. The predicted octanol–water partition coefficient (Wildman–Crippen LogP) is 13.0. The maximum Gasteiger partial charge on any atom is 0.305 e. The second kappa shape index (κ2) is 30.9. The number of cyclic esters (lactones) is 1. The van der Waals surface area contributed by atoms with Gasteiger partial charge < -0.3 is 4.74 Å². The van der Waals surface area contributed by atoms with E-state index in [0.717, 1.165) is 6.42 Å². The highest BCUT2D eigenvalue weighted by atomic mass is 16.5. The maximum absolute atomic E-state index is 12.1. The lowest BCUT2D eigenvalue weighted by Crippen LogP contribution is -2.11. The summed E-state index contributed by atoms with van der Waals surface area (Å²) in [6.45, 7) is 2.83. The van der Waals surface area contributed by atoms with Crippen LogP contribution in [0.2, 0.25) is 0 Å². The highest BCUT2D eigenvalue weighted by Crippen LogP contribution is 2.16. The number of ether oxygens (including phenoxy) is 1. The molecule has 1 aliphatic heterocycles. The van der Waals surface area contributed by atoms with Crippen molar-refractivity contribution >= 4 is 5.97 Å². The van der Waals surface area contributed by atoms with Gasteiger partial charge in [0, 0.05) is 6.42 Å². The molecule has 2 heteroatoms. The molecule has 0 fully saturated rings. The lowest BCUT2D eigenvalue weighted by Gasteiger charge is -2.12. The number of hydrogen-bond donors (Lipinski definition) is 0. The normalized spacial score (nSPS) is 25.9. The Morgan fingerprint density at radius 3 is 1.12 bits per heavy atom. The van der Waals surface area contributed by atoms with E-state index in [0.29, 0.717) is 18.9 Å². The van der Waals surface area contributed by atoms with Gasteiger partial charge in [0.1, 0.15) is 0 Å². The van der Waals surface area contributed by atoms with Crippen molar-refractivity contribution in [1.29, 1.82) is 0 Å². The summed E-state index contributed by atoms with van der Waals surface area (Å²) in [6.07, 6.45) is 49.1. The van der Waals surface area contributed by atoms with Crippen LogP contribution in [0.4, 0.5) is 0 Å². The molecule has 0 aromatic rings. The molecule has 0 aromatic carbocycles. The van der Waals surface area contributed by atoms with Crippen molar-refractivity contribution < 1.29 is 9.53 Å². The van der Waals surface area contributed by atoms with Crippen molar-refractivity contribution in [3.8, 4) is 0 Å². The van der Waals surface area contributed by atoms with E-state index in [9.17, 15) is 4.79 Å². The van der Waals surface area contributed by atoms with Gasteiger partial charge >= 0.3 is 5.97 Å². The summed E-state index contributed by atoms with van der Waals surface area (Å²) in [4.78, 5) is 12.1. The van der Waals surface area contributed by atoms with Crippen molar-refractivity contribution in [2.24, 2.45) is 5.92 Å². The molecule has 1 aliphatic rings. The zero-order valence-electron chi connectivity index (χ0n) is 27.1. The quantitative estimate of drug-likeness (QED) is 0.218. The van der Waals surface area contributed by atoms with Crippen LogP contribution in [0.1, 0.15) is 200 Å². The topological polar surface area (TPSA) is 26.3 Å². The molecule has 1 rings (SSSR count). The van der Waals surface area contributed by atoms with Gasteiger partial charge in [-0.2, -0.15) is 0 Å². The molecule has 234 valence electrons. The molecule has 0 bridgehead atoms. The lowest BCUT2D eigenvalue weighted by molar-refractivity contribution is -0.145. The summed E-state index contributed by atoms with van der Waals surface area (Å²) in [6, 6.07) is 0. The molecule has 0 amide bonds. The van der Waals surface area contributed by atoms with E-state index >= 15 is 0 Å². The molecule has 0 spiro atoms. The minimum atomic E-state index is 0.0167. The molecule has 0 aromatic heterocycles. The van der Waals surface area contributed by atoms with E-state index < -0.39 is 0 Å². The molecule has 2 nitrogen and oxygen atoms in total. The maximum atomic E-state index is 12.1. The Morgan fingerprint density at radius 1 is 0.450 bits per heavy atom. The first-order chi connectivity index (χ1) is 19.8. The fourth-order valence-corrected chi connectivity index (χ4v) is 5.85. The Kier molecular flexibility index (Phi) is 28.6. The van der Waals surface area contributed by atoms with E-state index in [1.54, 1.807) is 0 Å². The molecule has 1 atom stereocenters. The van der Waals surface area contributed by atoms with Crippen LogP contribution in [0.15, 0.2) is 24.3 Å². The predicted molar refractivity (Wildman–Crippen MR) is 177 cm³/mol. The molecule has 1 heterocycles. The van der Waals surface area contributed by atoms with Gasteiger partial charge in [-0.3, -0.25) is 4.79 Å². The van der Waals surface area contributed by atoms with Gasteiger partial charge in [-0.15, -0.1) is 0 Å². The van der Waals surface area contributed by atoms with E-state index in [1.807, 2.05) is 0 Å².